The van der Waals surface area contributed by atoms with E-state index < -0.39 is 29.4 Å². The Morgan fingerprint density at radius 2 is 2.05 bits per heavy atom. The lowest BCUT2D eigenvalue weighted by atomic mass is 10.1. The number of primary amides is 1. The van der Waals surface area contributed by atoms with Crippen LogP contribution in [-0.4, -0.2) is 40.9 Å². The largest absolute Gasteiger partial charge is 0.458 e. The lowest BCUT2D eigenvalue weighted by Crippen LogP contribution is -2.45. The third-order valence-electron chi connectivity index (χ3n) is 3.18. The summed E-state index contributed by atoms with van der Waals surface area (Å²) in [5.74, 6) is -1.64. The minimum Gasteiger partial charge on any atom is -0.458 e. The van der Waals surface area contributed by atoms with Crippen molar-refractivity contribution < 1.29 is 19.1 Å². The van der Waals surface area contributed by atoms with E-state index in [2.05, 4.69) is 0 Å². The molecular weight excluding hydrogens is 260 g/mol. The summed E-state index contributed by atoms with van der Waals surface area (Å²) in [6.45, 7) is 7.49. The van der Waals surface area contributed by atoms with Crippen LogP contribution in [0.15, 0.2) is 0 Å². The van der Waals surface area contributed by atoms with Gasteiger partial charge in [0.15, 0.2) is 0 Å². The van der Waals surface area contributed by atoms with Crippen molar-refractivity contribution in [2.75, 3.05) is 6.54 Å². The zero-order chi connectivity index (χ0) is 15.5. The van der Waals surface area contributed by atoms with E-state index in [-0.39, 0.29) is 18.9 Å². The van der Waals surface area contributed by atoms with Crippen LogP contribution in [0.4, 0.5) is 0 Å². The predicted octanol–water partition coefficient (Wildman–Crippen LogP) is 0.831. The number of nitrogens with zero attached hydrogens (tertiary/aromatic N) is 1. The van der Waals surface area contributed by atoms with E-state index in [1.807, 2.05) is 6.92 Å². The number of esters is 1. The van der Waals surface area contributed by atoms with Crippen LogP contribution >= 0.6 is 0 Å². The van der Waals surface area contributed by atoms with Crippen molar-refractivity contribution in [2.45, 2.75) is 58.6 Å². The SMILES string of the molecule is CCCC(C(=O)OC(C)(C)C)N1CC(C(N)=O)CC1=O. The van der Waals surface area contributed by atoms with E-state index in [0.717, 1.165) is 6.42 Å². The highest BCUT2D eigenvalue weighted by molar-refractivity contribution is 5.91. The van der Waals surface area contributed by atoms with Crippen LogP contribution in [0.3, 0.4) is 0 Å². The highest BCUT2D eigenvalue weighted by Gasteiger charge is 2.40. The average Bonchev–Trinajstić information content (AvgIpc) is 2.65. The van der Waals surface area contributed by atoms with Gasteiger partial charge in [-0.15, -0.1) is 0 Å². The monoisotopic (exact) mass is 284 g/mol. The van der Waals surface area contributed by atoms with E-state index in [1.54, 1.807) is 20.8 Å². The standard InChI is InChI=1S/C14H24N2O4/c1-5-6-10(13(19)20-14(2,3)4)16-8-9(12(15)18)7-11(16)17/h9-10H,5-8H2,1-4H3,(H2,15,18). The molecule has 0 radical (unpaired) electrons. The van der Waals surface area contributed by atoms with E-state index in [4.69, 9.17) is 10.5 Å². The van der Waals surface area contributed by atoms with E-state index >= 15 is 0 Å². The maximum absolute atomic E-state index is 12.2. The van der Waals surface area contributed by atoms with Crippen molar-refractivity contribution in [2.24, 2.45) is 11.7 Å². The van der Waals surface area contributed by atoms with Crippen molar-refractivity contribution in [3.8, 4) is 0 Å². The molecule has 1 rings (SSSR count). The average molecular weight is 284 g/mol. The number of carbonyl (C=O) groups excluding carboxylic acids is 3. The van der Waals surface area contributed by atoms with Gasteiger partial charge in [0.05, 0.1) is 5.92 Å². The normalized spacial score (nSPS) is 20.9. The number of carbonyl (C=O) groups is 3. The topological polar surface area (TPSA) is 89.7 Å². The van der Waals surface area contributed by atoms with Crippen LogP contribution in [0.5, 0.6) is 0 Å². The minimum absolute atomic E-state index is 0.0817. The molecule has 0 aliphatic carbocycles. The van der Waals surface area contributed by atoms with Crippen molar-refractivity contribution in [1.82, 2.24) is 4.90 Å². The van der Waals surface area contributed by atoms with Crippen LogP contribution in [0.25, 0.3) is 0 Å². The zero-order valence-electron chi connectivity index (χ0n) is 12.6. The molecule has 0 spiro atoms. The van der Waals surface area contributed by atoms with Crippen molar-refractivity contribution >= 4 is 17.8 Å². The summed E-state index contributed by atoms with van der Waals surface area (Å²) < 4.78 is 5.36. The number of hydrogen-bond acceptors (Lipinski definition) is 4. The zero-order valence-corrected chi connectivity index (χ0v) is 12.6. The van der Waals surface area contributed by atoms with E-state index in [0.29, 0.717) is 6.42 Å². The molecule has 2 unspecified atom stereocenters. The lowest BCUT2D eigenvalue weighted by molar-refractivity contribution is -0.164. The van der Waals surface area contributed by atoms with Gasteiger partial charge in [0, 0.05) is 13.0 Å². The smallest absolute Gasteiger partial charge is 0.329 e. The Hall–Kier alpha value is -1.59. The Balaban J connectivity index is 2.83. The Kier molecular flexibility index (Phi) is 5.14. The van der Waals surface area contributed by atoms with Gasteiger partial charge in [0.2, 0.25) is 11.8 Å². The third-order valence-corrected chi connectivity index (χ3v) is 3.18. The second kappa shape index (κ2) is 6.24. The third kappa shape index (κ3) is 4.21. The van der Waals surface area contributed by atoms with E-state index in [9.17, 15) is 14.4 Å². The van der Waals surface area contributed by atoms with Crippen LogP contribution in [0, 0.1) is 5.92 Å². The predicted molar refractivity (Wildman–Crippen MR) is 73.6 cm³/mol. The molecule has 0 saturated carbocycles. The van der Waals surface area contributed by atoms with Crippen molar-refractivity contribution in [1.29, 1.82) is 0 Å². The molecule has 0 bridgehead atoms. The summed E-state index contributed by atoms with van der Waals surface area (Å²) >= 11 is 0. The van der Waals surface area contributed by atoms with Gasteiger partial charge in [-0.1, -0.05) is 13.3 Å². The number of rotatable bonds is 5. The van der Waals surface area contributed by atoms with E-state index in [1.165, 1.54) is 4.90 Å². The summed E-state index contributed by atoms with van der Waals surface area (Å²) in [6, 6.07) is -0.629. The number of likely N-dealkylation sites (tertiary alicyclic amines) is 1. The van der Waals surface area contributed by atoms with Crippen LogP contribution in [0.1, 0.15) is 47.0 Å². The first-order chi connectivity index (χ1) is 9.15. The summed E-state index contributed by atoms with van der Waals surface area (Å²) in [5, 5.41) is 0. The first-order valence-corrected chi connectivity index (χ1v) is 6.97. The summed E-state index contributed by atoms with van der Waals surface area (Å²) in [4.78, 5) is 36.8. The molecule has 2 N–H and O–H groups in total. The molecule has 1 aliphatic rings. The molecule has 6 heteroatoms. The minimum atomic E-state index is -0.629. The highest BCUT2D eigenvalue weighted by Crippen LogP contribution is 2.24. The molecule has 1 fully saturated rings. The summed E-state index contributed by atoms with van der Waals surface area (Å²) in [6.07, 6.45) is 1.35. The molecule has 1 aliphatic heterocycles. The second-order valence-corrected chi connectivity index (χ2v) is 6.19. The molecule has 1 saturated heterocycles. The fourth-order valence-electron chi connectivity index (χ4n) is 2.27. The van der Waals surface area contributed by atoms with Crippen LogP contribution in [-0.2, 0) is 19.1 Å². The maximum atomic E-state index is 12.2. The van der Waals surface area contributed by atoms with Gasteiger partial charge in [-0.05, 0) is 27.2 Å². The Morgan fingerprint density at radius 3 is 2.45 bits per heavy atom. The van der Waals surface area contributed by atoms with Gasteiger partial charge in [0.1, 0.15) is 11.6 Å². The molecule has 1 heterocycles. The van der Waals surface area contributed by atoms with Gasteiger partial charge in [-0.3, -0.25) is 9.59 Å². The summed E-state index contributed by atoms with van der Waals surface area (Å²) in [5.41, 5.74) is 4.64. The van der Waals surface area contributed by atoms with Crippen LogP contribution in [0.2, 0.25) is 0 Å². The lowest BCUT2D eigenvalue weighted by Gasteiger charge is -2.29. The number of nitrogens with two attached hydrogens (primary N) is 1. The number of amides is 2. The van der Waals surface area contributed by atoms with Gasteiger partial charge in [-0.2, -0.15) is 0 Å². The molecule has 114 valence electrons. The molecule has 0 aromatic heterocycles. The fraction of sp³-hybridized carbons (Fsp3) is 0.786. The summed E-state index contributed by atoms with van der Waals surface area (Å²) in [7, 11) is 0. The molecule has 20 heavy (non-hydrogen) atoms. The van der Waals surface area contributed by atoms with Gasteiger partial charge < -0.3 is 15.4 Å². The van der Waals surface area contributed by atoms with Crippen molar-refractivity contribution in [3.05, 3.63) is 0 Å². The van der Waals surface area contributed by atoms with Gasteiger partial charge >= 0.3 is 5.97 Å². The second-order valence-electron chi connectivity index (χ2n) is 6.19. The number of ether oxygens (including phenoxy) is 1. The van der Waals surface area contributed by atoms with Crippen molar-refractivity contribution in [3.63, 3.8) is 0 Å². The first-order valence-electron chi connectivity index (χ1n) is 6.97. The number of hydrogen-bond donors (Lipinski definition) is 1. The van der Waals surface area contributed by atoms with Gasteiger partial charge in [0.25, 0.3) is 0 Å². The molecular formula is C14H24N2O4. The van der Waals surface area contributed by atoms with Crippen LogP contribution < -0.4 is 5.73 Å². The van der Waals surface area contributed by atoms with Gasteiger partial charge in [-0.25, -0.2) is 4.79 Å². The molecule has 2 amide bonds. The maximum Gasteiger partial charge on any atom is 0.329 e. The highest BCUT2D eigenvalue weighted by atomic mass is 16.6. The molecule has 6 nitrogen and oxygen atoms in total. The Labute approximate surface area is 119 Å². The Morgan fingerprint density at radius 1 is 1.45 bits per heavy atom. The molecule has 0 aromatic carbocycles. The quantitative estimate of drug-likeness (QED) is 0.757. The fourth-order valence-corrected chi connectivity index (χ4v) is 2.27. The Bertz CT molecular complexity index is 400. The molecule has 0 aromatic rings. The molecule has 2 atom stereocenters. The first kappa shape index (κ1) is 16.5.